The summed E-state index contributed by atoms with van der Waals surface area (Å²) in [5.74, 6) is -0.0537. The van der Waals surface area contributed by atoms with Crippen LogP contribution in [0.4, 0.5) is 13.2 Å². The lowest BCUT2D eigenvalue weighted by molar-refractivity contribution is -0.153. The fraction of sp³-hybridized carbons (Fsp3) is 0.167. The molecular formula is C12H8ClF3O3S. The highest BCUT2D eigenvalue weighted by atomic mass is 35.7. The zero-order valence-corrected chi connectivity index (χ0v) is 11.4. The molecular weight excluding hydrogens is 317 g/mol. The molecule has 0 aliphatic carbocycles. The van der Waals surface area contributed by atoms with Crippen molar-refractivity contribution in [3.63, 3.8) is 0 Å². The van der Waals surface area contributed by atoms with Crippen molar-refractivity contribution in [1.82, 2.24) is 0 Å². The van der Waals surface area contributed by atoms with E-state index < -0.39 is 21.8 Å². The van der Waals surface area contributed by atoms with Gasteiger partial charge in [-0.3, -0.25) is 0 Å². The Morgan fingerprint density at radius 3 is 2.20 bits per heavy atom. The molecule has 0 amide bonds. The number of rotatable bonds is 3. The van der Waals surface area contributed by atoms with Gasteiger partial charge in [-0.15, -0.1) is 0 Å². The van der Waals surface area contributed by atoms with E-state index in [9.17, 15) is 21.6 Å². The van der Waals surface area contributed by atoms with Crippen LogP contribution in [0.5, 0.6) is 5.75 Å². The minimum Gasteiger partial charge on any atom is -0.483 e. The van der Waals surface area contributed by atoms with Crippen LogP contribution in [0.15, 0.2) is 41.3 Å². The van der Waals surface area contributed by atoms with Gasteiger partial charge in [0.25, 0.3) is 9.05 Å². The van der Waals surface area contributed by atoms with E-state index in [2.05, 4.69) is 4.74 Å². The number of halogens is 4. The molecule has 0 atom stereocenters. The third-order valence-electron chi connectivity index (χ3n) is 2.50. The third kappa shape index (κ3) is 3.34. The van der Waals surface area contributed by atoms with Crippen molar-refractivity contribution in [3.8, 4) is 5.75 Å². The summed E-state index contributed by atoms with van der Waals surface area (Å²) in [4.78, 5) is -0.172. The molecule has 0 radical (unpaired) electrons. The van der Waals surface area contributed by atoms with Crippen molar-refractivity contribution in [2.75, 3.05) is 6.61 Å². The van der Waals surface area contributed by atoms with Crippen molar-refractivity contribution in [1.29, 1.82) is 0 Å². The highest BCUT2D eigenvalue weighted by Crippen LogP contribution is 2.33. The molecule has 0 saturated carbocycles. The first-order valence-corrected chi connectivity index (χ1v) is 7.65. The van der Waals surface area contributed by atoms with Crippen LogP contribution in [0.2, 0.25) is 0 Å². The Morgan fingerprint density at radius 1 is 1.05 bits per heavy atom. The Morgan fingerprint density at radius 2 is 1.65 bits per heavy atom. The van der Waals surface area contributed by atoms with E-state index in [4.69, 9.17) is 10.7 Å². The Balaban J connectivity index is 2.55. The maximum absolute atomic E-state index is 12.2. The number of ether oxygens (including phenoxy) is 1. The standard InChI is InChI=1S/C12H8ClF3O3S/c13-20(17,18)11-6-5-10(19-7-12(14,15)16)8-3-1-2-4-9(8)11/h1-6H,7H2. The van der Waals surface area contributed by atoms with E-state index in [0.717, 1.165) is 12.1 Å². The number of benzene rings is 2. The van der Waals surface area contributed by atoms with E-state index in [1.54, 1.807) is 12.1 Å². The van der Waals surface area contributed by atoms with Crippen molar-refractivity contribution < 1.29 is 26.3 Å². The summed E-state index contributed by atoms with van der Waals surface area (Å²) in [5, 5.41) is 0.459. The van der Waals surface area contributed by atoms with Gasteiger partial charge in [-0.05, 0) is 12.1 Å². The predicted octanol–water partition coefficient (Wildman–Crippen LogP) is 3.71. The monoisotopic (exact) mass is 324 g/mol. The van der Waals surface area contributed by atoms with Gasteiger partial charge in [0.2, 0.25) is 0 Å². The number of fused-ring (bicyclic) bond motifs is 1. The Labute approximate surface area is 117 Å². The van der Waals surface area contributed by atoms with Gasteiger partial charge in [-0.1, -0.05) is 24.3 Å². The summed E-state index contributed by atoms with van der Waals surface area (Å²) < 4.78 is 64.0. The molecule has 0 heterocycles. The van der Waals surface area contributed by atoms with Gasteiger partial charge in [0, 0.05) is 21.5 Å². The van der Waals surface area contributed by atoms with Crippen molar-refractivity contribution in [3.05, 3.63) is 36.4 Å². The largest absolute Gasteiger partial charge is 0.483 e. The highest BCUT2D eigenvalue weighted by Gasteiger charge is 2.29. The van der Waals surface area contributed by atoms with Crippen LogP contribution in [0.25, 0.3) is 10.8 Å². The van der Waals surface area contributed by atoms with E-state index in [-0.39, 0.29) is 21.4 Å². The molecule has 0 unspecified atom stereocenters. The first-order valence-electron chi connectivity index (χ1n) is 5.34. The van der Waals surface area contributed by atoms with E-state index in [1.165, 1.54) is 12.1 Å². The van der Waals surface area contributed by atoms with Crippen LogP contribution in [0, 0.1) is 0 Å². The number of alkyl halides is 3. The topological polar surface area (TPSA) is 43.4 Å². The van der Waals surface area contributed by atoms with Crippen LogP contribution >= 0.6 is 10.7 Å². The smallest absolute Gasteiger partial charge is 0.422 e. The SMILES string of the molecule is O=S(=O)(Cl)c1ccc(OCC(F)(F)F)c2ccccc12. The van der Waals surface area contributed by atoms with Gasteiger partial charge in [0.1, 0.15) is 5.75 Å². The predicted molar refractivity (Wildman–Crippen MR) is 68.5 cm³/mol. The zero-order chi connectivity index (χ0) is 15.0. The Hall–Kier alpha value is -1.47. The second kappa shape index (κ2) is 5.14. The molecule has 8 heteroatoms. The number of hydrogen-bond donors (Lipinski definition) is 0. The fourth-order valence-electron chi connectivity index (χ4n) is 1.74. The molecule has 2 aromatic rings. The van der Waals surface area contributed by atoms with Crippen LogP contribution in [0.3, 0.4) is 0 Å². The van der Waals surface area contributed by atoms with Crippen LogP contribution < -0.4 is 4.74 Å². The first-order chi connectivity index (χ1) is 9.18. The van der Waals surface area contributed by atoms with Crippen molar-refractivity contribution in [2.45, 2.75) is 11.1 Å². The van der Waals surface area contributed by atoms with Gasteiger partial charge < -0.3 is 4.74 Å². The van der Waals surface area contributed by atoms with E-state index in [0.29, 0.717) is 0 Å². The lowest BCUT2D eigenvalue weighted by Gasteiger charge is -2.12. The average Bonchev–Trinajstić information content (AvgIpc) is 2.33. The normalized spacial score (nSPS) is 12.6. The van der Waals surface area contributed by atoms with Gasteiger partial charge >= 0.3 is 6.18 Å². The lowest BCUT2D eigenvalue weighted by Crippen LogP contribution is -2.19. The quantitative estimate of drug-likeness (QED) is 0.808. The minimum atomic E-state index is -4.47. The average molecular weight is 325 g/mol. The van der Waals surface area contributed by atoms with Crippen molar-refractivity contribution in [2.24, 2.45) is 0 Å². The van der Waals surface area contributed by atoms with Gasteiger partial charge in [-0.2, -0.15) is 13.2 Å². The minimum absolute atomic E-state index is 0.0537. The first kappa shape index (κ1) is 14.9. The van der Waals surface area contributed by atoms with Crippen LogP contribution in [0.1, 0.15) is 0 Å². The molecule has 108 valence electrons. The van der Waals surface area contributed by atoms with Gasteiger partial charge in [-0.25, -0.2) is 8.42 Å². The maximum Gasteiger partial charge on any atom is 0.422 e. The summed E-state index contributed by atoms with van der Waals surface area (Å²) in [6.07, 6.45) is -4.47. The fourth-order valence-corrected chi connectivity index (χ4v) is 2.82. The van der Waals surface area contributed by atoms with E-state index >= 15 is 0 Å². The molecule has 0 spiro atoms. The zero-order valence-electron chi connectivity index (χ0n) is 9.82. The molecule has 0 aliphatic heterocycles. The molecule has 0 aromatic heterocycles. The molecule has 0 N–H and O–H groups in total. The number of hydrogen-bond acceptors (Lipinski definition) is 3. The molecule has 2 aromatic carbocycles. The molecule has 20 heavy (non-hydrogen) atoms. The second-order valence-electron chi connectivity index (χ2n) is 3.95. The highest BCUT2D eigenvalue weighted by molar-refractivity contribution is 8.14. The summed E-state index contributed by atoms with van der Waals surface area (Å²) in [6, 6.07) is 8.31. The second-order valence-corrected chi connectivity index (χ2v) is 6.48. The third-order valence-corrected chi connectivity index (χ3v) is 3.88. The maximum atomic E-state index is 12.2. The molecule has 3 nitrogen and oxygen atoms in total. The molecule has 2 rings (SSSR count). The molecule has 0 saturated heterocycles. The lowest BCUT2D eigenvalue weighted by atomic mass is 10.1. The summed E-state index contributed by atoms with van der Waals surface area (Å²) in [5.41, 5.74) is 0. The summed E-state index contributed by atoms with van der Waals surface area (Å²) in [7, 11) is 1.30. The van der Waals surface area contributed by atoms with E-state index in [1.807, 2.05) is 0 Å². The van der Waals surface area contributed by atoms with Crippen LogP contribution in [-0.2, 0) is 9.05 Å². The Bertz CT molecular complexity index is 741. The Kier molecular flexibility index (Phi) is 3.84. The summed E-state index contributed by atoms with van der Waals surface area (Å²) in [6.45, 7) is -1.45. The van der Waals surface area contributed by atoms with Crippen LogP contribution in [-0.4, -0.2) is 21.2 Å². The molecule has 0 fully saturated rings. The summed E-state index contributed by atoms with van der Waals surface area (Å²) >= 11 is 0. The van der Waals surface area contributed by atoms with Gasteiger partial charge in [0.05, 0.1) is 4.90 Å². The molecule has 0 bridgehead atoms. The van der Waals surface area contributed by atoms with Crippen molar-refractivity contribution >= 4 is 30.5 Å². The van der Waals surface area contributed by atoms with Gasteiger partial charge in [0.15, 0.2) is 6.61 Å². The molecule has 0 aliphatic rings.